The smallest absolute Gasteiger partial charge is 0.276 e. The van der Waals surface area contributed by atoms with Gasteiger partial charge in [-0.25, -0.2) is 0 Å². The number of hydrogen-bond donors (Lipinski definition) is 0. The van der Waals surface area contributed by atoms with Gasteiger partial charge in [-0.1, -0.05) is 17.3 Å². The fourth-order valence-electron chi connectivity index (χ4n) is 2.76. The van der Waals surface area contributed by atoms with Gasteiger partial charge in [-0.3, -0.25) is 9.59 Å². The number of nitrogens with zero attached hydrogens (tertiary/aromatic N) is 3. The lowest BCUT2D eigenvalue weighted by Gasteiger charge is -2.34. The minimum Gasteiger partial charge on any atom is -0.493 e. The Labute approximate surface area is 151 Å². The van der Waals surface area contributed by atoms with E-state index in [0.29, 0.717) is 49.1 Å². The van der Waals surface area contributed by atoms with Crippen LogP contribution in [0.1, 0.15) is 16.2 Å². The van der Waals surface area contributed by atoms with Gasteiger partial charge in [0.1, 0.15) is 5.76 Å². The van der Waals surface area contributed by atoms with Crippen molar-refractivity contribution in [2.45, 2.75) is 6.92 Å². The minimum absolute atomic E-state index is 0.0726. The van der Waals surface area contributed by atoms with Gasteiger partial charge in [-0.05, 0) is 19.1 Å². The van der Waals surface area contributed by atoms with Crippen LogP contribution in [0.15, 0.2) is 34.9 Å². The Balaban J connectivity index is 1.50. The van der Waals surface area contributed by atoms with Crippen molar-refractivity contribution in [1.82, 2.24) is 15.0 Å². The number of ether oxygens (including phenoxy) is 2. The summed E-state index contributed by atoms with van der Waals surface area (Å²) >= 11 is 0. The zero-order valence-electron chi connectivity index (χ0n) is 14.8. The van der Waals surface area contributed by atoms with Gasteiger partial charge < -0.3 is 23.8 Å². The van der Waals surface area contributed by atoms with Crippen molar-refractivity contribution < 1.29 is 23.6 Å². The summed E-state index contributed by atoms with van der Waals surface area (Å²) in [7, 11) is 1.55. The maximum atomic E-state index is 12.4. The third-order valence-corrected chi connectivity index (χ3v) is 4.19. The standard InChI is InChI=1S/C18H21N3O5/c1-13-11-14(19-26-13)18(23)21-9-7-20(8-10-21)17(22)12-25-16-6-4-3-5-15(16)24-2/h3-6,11H,7-10,12H2,1-2H3. The lowest BCUT2D eigenvalue weighted by molar-refractivity contribution is -0.134. The molecule has 0 unspecified atom stereocenters. The Hall–Kier alpha value is -3.03. The molecular weight excluding hydrogens is 338 g/mol. The Morgan fingerprint density at radius 1 is 1.12 bits per heavy atom. The summed E-state index contributed by atoms with van der Waals surface area (Å²) in [6, 6.07) is 8.79. The topological polar surface area (TPSA) is 85.1 Å². The molecule has 26 heavy (non-hydrogen) atoms. The first-order valence-corrected chi connectivity index (χ1v) is 8.34. The van der Waals surface area contributed by atoms with Gasteiger partial charge >= 0.3 is 0 Å². The molecule has 1 saturated heterocycles. The fraction of sp³-hybridized carbons (Fsp3) is 0.389. The van der Waals surface area contributed by atoms with E-state index in [0.717, 1.165) is 0 Å². The van der Waals surface area contributed by atoms with Crippen LogP contribution in [0.2, 0.25) is 0 Å². The summed E-state index contributed by atoms with van der Waals surface area (Å²) in [5.74, 6) is 1.40. The molecule has 2 amide bonds. The highest BCUT2D eigenvalue weighted by Gasteiger charge is 2.26. The van der Waals surface area contributed by atoms with Gasteiger partial charge in [0, 0.05) is 32.2 Å². The molecule has 8 nitrogen and oxygen atoms in total. The average molecular weight is 359 g/mol. The molecule has 1 aromatic heterocycles. The second-order valence-electron chi connectivity index (χ2n) is 5.94. The van der Waals surface area contributed by atoms with Gasteiger partial charge in [0.25, 0.3) is 11.8 Å². The van der Waals surface area contributed by atoms with E-state index in [-0.39, 0.29) is 18.4 Å². The van der Waals surface area contributed by atoms with Gasteiger partial charge in [-0.2, -0.15) is 0 Å². The van der Waals surface area contributed by atoms with Crippen molar-refractivity contribution in [3.63, 3.8) is 0 Å². The number of carbonyl (C=O) groups is 2. The van der Waals surface area contributed by atoms with Crippen molar-refractivity contribution in [3.05, 3.63) is 41.8 Å². The third-order valence-electron chi connectivity index (χ3n) is 4.19. The van der Waals surface area contributed by atoms with Gasteiger partial charge in [0.05, 0.1) is 7.11 Å². The highest BCUT2D eigenvalue weighted by molar-refractivity contribution is 5.92. The lowest BCUT2D eigenvalue weighted by atomic mass is 10.2. The molecule has 3 rings (SSSR count). The van der Waals surface area contributed by atoms with E-state index in [9.17, 15) is 9.59 Å². The van der Waals surface area contributed by atoms with Crippen molar-refractivity contribution in [3.8, 4) is 11.5 Å². The first-order chi connectivity index (χ1) is 12.6. The zero-order chi connectivity index (χ0) is 18.5. The highest BCUT2D eigenvalue weighted by atomic mass is 16.5. The number of benzene rings is 1. The van der Waals surface area contributed by atoms with Crippen LogP contribution >= 0.6 is 0 Å². The second kappa shape index (κ2) is 7.90. The van der Waals surface area contributed by atoms with Crippen molar-refractivity contribution in [1.29, 1.82) is 0 Å². The number of methoxy groups -OCH3 is 1. The molecule has 1 aliphatic rings. The summed E-state index contributed by atoms with van der Waals surface area (Å²) in [6.07, 6.45) is 0. The maximum absolute atomic E-state index is 12.4. The summed E-state index contributed by atoms with van der Waals surface area (Å²) in [5.41, 5.74) is 0.293. The number of piperazine rings is 1. The number of amides is 2. The number of aryl methyl sites for hydroxylation is 1. The summed E-state index contributed by atoms with van der Waals surface area (Å²) in [5, 5.41) is 3.75. The van der Waals surface area contributed by atoms with Crippen LogP contribution in [0.25, 0.3) is 0 Å². The van der Waals surface area contributed by atoms with E-state index >= 15 is 0 Å². The quantitative estimate of drug-likeness (QED) is 0.801. The maximum Gasteiger partial charge on any atom is 0.276 e. The van der Waals surface area contributed by atoms with E-state index in [1.165, 1.54) is 0 Å². The zero-order valence-corrected chi connectivity index (χ0v) is 14.8. The molecule has 8 heteroatoms. The molecule has 2 aromatic rings. The molecule has 0 radical (unpaired) electrons. The molecule has 0 bridgehead atoms. The molecule has 1 aliphatic heterocycles. The highest BCUT2D eigenvalue weighted by Crippen LogP contribution is 2.25. The number of aromatic nitrogens is 1. The third kappa shape index (κ3) is 3.96. The molecule has 0 N–H and O–H groups in total. The SMILES string of the molecule is COc1ccccc1OCC(=O)N1CCN(C(=O)c2cc(C)on2)CC1. The van der Waals surface area contributed by atoms with E-state index in [1.807, 2.05) is 12.1 Å². The number of rotatable bonds is 5. The van der Waals surface area contributed by atoms with Crippen molar-refractivity contribution >= 4 is 11.8 Å². The van der Waals surface area contributed by atoms with Crippen LogP contribution in [-0.4, -0.2) is 66.7 Å². The number of hydrogen-bond acceptors (Lipinski definition) is 6. The lowest BCUT2D eigenvalue weighted by Crippen LogP contribution is -2.51. The Morgan fingerprint density at radius 3 is 2.38 bits per heavy atom. The van der Waals surface area contributed by atoms with Gasteiger partial charge in [0.15, 0.2) is 23.8 Å². The largest absolute Gasteiger partial charge is 0.493 e. The molecule has 0 atom stereocenters. The molecule has 0 saturated carbocycles. The molecule has 1 fully saturated rings. The minimum atomic E-state index is -0.181. The molecule has 138 valence electrons. The Morgan fingerprint density at radius 2 is 1.77 bits per heavy atom. The van der Waals surface area contributed by atoms with E-state index < -0.39 is 0 Å². The van der Waals surface area contributed by atoms with Crippen LogP contribution in [0, 0.1) is 6.92 Å². The predicted molar refractivity (Wildman–Crippen MR) is 92.2 cm³/mol. The fourth-order valence-corrected chi connectivity index (χ4v) is 2.76. The van der Waals surface area contributed by atoms with Crippen LogP contribution in [0.5, 0.6) is 11.5 Å². The number of carbonyl (C=O) groups excluding carboxylic acids is 2. The monoisotopic (exact) mass is 359 g/mol. The molecule has 0 spiro atoms. The summed E-state index contributed by atoms with van der Waals surface area (Å²) in [6.45, 7) is 3.47. The average Bonchev–Trinajstić information content (AvgIpc) is 3.12. The molecule has 1 aromatic carbocycles. The first-order valence-electron chi connectivity index (χ1n) is 8.34. The predicted octanol–water partition coefficient (Wildman–Crippen LogP) is 1.36. The summed E-state index contributed by atoms with van der Waals surface area (Å²) < 4.78 is 15.7. The van der Waals surface area contributed by atoms with Crippen molar-refractivity contribution in [2.75, 3.05) is 39.9 Å². The van der Waals surface area contributed by atoms with Crippen LogP contribution in [0.3, 0.4) is 0 Å². The van der Waals surface area contributed by atoms with E-state index in [2.05, 4.69) is 5.16 Å². The second-order valence-corrected chi connectivity index (χ2v) is 5.94. The Kier molecular flexibility index (Phi) is 5.40. The van der Waals surface area contributed by atoms with Gasteiger partial charge in [0.2, 0.25) is 0 Å². The number of para-hydroxylation sites is 2. The molecule has 2 heterocycles. The summed E-state index contributed by atoms with van der Waals surface area (Å²) in [4.78, 5) is 28.0. The van der Waals surface area contributed by atoms with Crippen LogP contribution in [0.4, 0.5) is 0 Å². The van der Waals surface area contributed by atoms with Crippen LogP contribution in [-0.2, 0) is 4.79 Å². The van der Waals surface area contributed by atoms with E-state index in [1.54, 1.807) is 42.0 Å². The van der Waals surface area contributed by atoms with Crippen molar-refractivity contribution in [2.24, 2.45) is 0 Å². The van der Waals surface area contributed by atoms with Crippen LogP contribution < -0.4 is 9.47 Å². The van der Waals surface area contributed by atoms with E-state index in [4.69, 9.17) is 14.0 Å². The molecular formula is C18H21N3O5. The first kappa shape index (κ1) is 17.8. The normalized spacial score (nSPS) is 14.2. The van der Waals surface area contributed by atoms with Gasteiger partial charge in [-0.15, -0.1) is 0 Å². The molecule has 0 aliphatic carbocycles. The Bertz CT molecular complexity index is 781.